The number of hydrogen-bond acceptors (Lipinski definition) is 5. The Hall–Kier alpha value is -1.66. The summed E-state index contributed by atoms with van der Waals surface area (Å²) < 4.78 is 0. The van der Waals surface area contributed by atoms with Crippen LogP contribution in [-0.4, -0.2) is 85.0 Å². The number of pyridine rings is 1. The van der Waals surface area contributed by atoms with Gasteiger partial charge in [-0.1, -0.05) is 12.8 Å². The molecule has 2 aliphatic rings. The SMILES string of the molecule is CN1CCN(C2(CNc3ccc(C(=O)N(C)C)cn3)CCCC2)CC1. The van der Waals surface area contributed by atoms with E-state index in [2.05, 4.69) is 27.1 Å². The van der Waals surface area contributed by atoms with Crippen molar-refractivity contribution >= 4 is 11.7 Å². The van der Waals surface area contributed by atoms with Crippen LogP contribution in [0.25, 0.3) is 0 Å². The van der Waals surface area contributed by atoms with E-state index in [0.717, 1.165) is 38.5 Å². The van der Waals surface area contributed by atoms with Crippen LogP contribution in [-0.2, 0) is 0 Å². The zero-order valence-corrected chi connectivity index (χ0v) is 15.8. The van der Waals surface area contributed by atoms with Crippen molar-refractivity contribution in [3.63, 3.8) is 0 Å². The number of nitrogens with one attached hydrogen (secondary N) is 1. The fourth-order valence-electron chi connectivity index (χ4n) is 4.06. The van der Waals surface area contributed by atoms with Gasteiger partial charge < -0.3 is 15.1 Å². The number of carbonyl (C=O) groups excluding carboxylic acids is 1. The summed E-state index contributed by atoms with van der Waals surface area (Å²) in [5, 5.41) is 3.54. The van der Waals surface area contributed by atoms with Crippen LogP contribution in [0.3, 0.4) is 0 Å². The Balaban J connectivity index is 1.63. The predicted octanol–water partition coefficient (Wildman–Crippen LogP) is 1.76. The Bertz CT molecular complexity index is 572. The molecule has 1 aromatic heterocycles. The van der Waals surface area contributed by atoms with Gasteiger partial charge >= 0.3 is 0 Å². The number of anilines is 1. The molecule has 1 aliphatic carbocycles. The maximum atomic E-state index is 12.0. The number of aromatic nitrogens is 1. The molecule has 25 heavy (non-hydrogen) atoms. The van der Waals surface area contributed by atoms with Gasteiger partial charge in [0.25, 0.3) is 5.91 Å². The van der Waals surface area contributed by atoms with Crippen LogP contribution >= 0.6 is 0 Å². The largest absolute Gasteiger partial charge is 0.368 e. The Morgan fingerprint density at radius 2 is 1.88 bits per heavy atom. The van der Waals surface area contributed by atoms with E-state index in [1.807, 2.05) is 12.1 Å². The van der Waals surface area contributed by atoms with Gasteiger partial charge in [-0.05, 0) is 32.0 Å². The van der Waals surface area contributed by atoms with E-state index in [9.17, 15) is 4.79 Å². The Kier molecular flexibility index (Phi) is 5.59. The molecule has 1 amide bonds. The molecule has 0 unspecified atom stereocenters. The average Bonchev–Trinajstić information content (AvgIpc) is 3.10. The quantitative estimate of drug-likeness (QED) is 0.881. The maximum absolute atomic E-state index is 12.0. The molecule has 3 rings (SSSR count). The highest BCUT2D eigenvalue weighted by molar-refractivity contribution is 5.93. The molecule has 1 aromatic rings. The first kappa shape index (κ1) is 18.1. The highest BCUT2D eigenvalue weighted by atomic mass is 16.2. The van der Waals surface area contributed by atoms with Crippen LogP contribution in [0, 0.1) is 0 Å². The van der Waals surface area contributed by atoms with E-state index < -0.39 is 0 Å². The summed E-state index contributed by atoms with van der Waals surface area (Å²) in [5.41, 5.74) is 0.895. The lowest BCUT2D eigenvalue weighted by molar-refractivity contribution is 0.0510. The van der Waals surface area contributed by atoms with Crippen LogP contribution in [0.1, 0.15) is 36.0 Å². The first-order chi connectivity index (χ1) is 12.0. The minimum atomic E-state index is -0.0104. The summed E-state index contributed by atoms with van der Waals surface area (Å²) in [6.45, 7) is 5.55. The molecular formula is C19H31N5O. The zero-order chi connectivity index (χ0) is 17.9. The highest BCUT2D eigenvalue weighted by Gasteiger charge is 2.40. The van der Waals surface area contributed by atoms with E-state index in [1.54, 1.807) is 25.2 Å². The standard InChI is InChI=1S/C19H31N5O/c1-22(2)18(25)16-6-7-17(20-14-16)21-15-19(8-4-5-9-19)24-12-10-23(3)11-13-24/h6-7,14H,4-5,8-13,15H2,1-3H3,(H,20,21). The molecule has 2 fully saturated rings. The summed E-state index contributed by atoms with van der Waals surface area (Å²) in [7, 11) is 5.72. The highest BCUT2D eigenvalue weighted by Crippen LogP contribution is 2.36. The second-order valence-electron chi connectivity index (χ2n) is 7.71. The van der Waals surface area contributed by atoms with Gasteiger partial charge in [0.2, 0.25) is 0 Å². The lowest BCUT2D eigenvalue weighted by atomic mass is 9.93. The van der Waals surface area contributed by atoms with Crippen molar-refractivity contribution in [2.45, 2.75) is 31.2 Å². The zero-order valence-electron chi connectivity index (χ0n) is 15.8. The van der Waals surface area contributed by atoms with Crippen LogP contribution < -0.4 is 5.32 Å². The summed E-state index contributed by atoms with van der Waals surface area (Å²) in [4.78, 5) is 23.1. The van der Waals surface area contributed by atoms with Gasteiger partial charge in [-0.15, -0.1) is 0 Å². The Labute approximate surface area is 151 Å². The summed E-state index contributed by atoms with van der Waals surface area (Å²) in [6.07, 6.45) is 6.83. The first-order valence-electron chi connectivity index (χ1n) is 9.35. The number of amides is 1. The van der Waals surface area contributed by atoms with Gasteiger partial charge in [-0.2, -0.15) is 0 Å². The Morgan fingerprint density at radius 3 is 2.44 bits per heavy atom. The molecule has 0 spiro atoms. The summed E-state index contributed by atoms with van der Waals surface area (Å²) >= 11 is 0. The van der Waals surface area contributed by atoms with Gasteiger partial charge in [0.15, 0.2) is 0 Å². The maximum Gasteiger partial charge on any atom is 0.254 e. The van der Waals surface area contributed by atoms with Gasteiger partial charge in [0, 0.05) is 58.6 Å². The van der Waals surface area contributed by atoms with Crippen molar-refractivity contribution in [2.24, 2.45) is 0 Å². The average molecular weight is 345 g/mol. The fraction of sp³-hybridized carbons (Fsp3) is 0.684. The number of likely N-dealkylation sites (N-methyl/N-ethyl adjacent to an activating group) is 1. The number of hydrogen-bond donors (Lipinski definition) is 1. The molecule has 6 nitrogen and oxygen atoms in total. The van der Waals surface area contributed by atoms with E-state index in [-0.39, 0.29) is 11.4 Å². The van der Waals surface area contributed by atoms with E-state index >= 15 is 0 Å². The van der Waals surface area contributed by atoms with Crippen molar-refractivity contribution in [1.82, 2.24) is 19.7 Å². The smallest absolute Gasteiger partial charge is 0.254 e. The third-order valence-corrected chi connectivity index (χ3v) is 5.72. The lowest BCUT2D eigenvalue weighted by Gasteiger charge is -2.45. The van der Waals surface area contributed by atoms with Crippen LogP contribution in [0.4, 0.5) is 5.82 Å². The topological polar surface area (TPSA) is 51.7 Å². The molecule has 1 N–H and O–H groups in total. The van der Waals surface area contributed by atoms with Gasteiger partial charge in [-0.25, -0.2) is 4.98 Å². The number of carbonyl (C=O) groups is 1. The van der Waals surface area contributed by atoms with Crippen LogP contribution in [0.5, 0.6) is 0 Å². The van der Waals surface area contributed by atoms with Gasteiger partial charge in [-0.3, -0.25) is 9.69 Å². The Morgan fingerprint density at radius 1 is 1.20 bits per heavy atom. The molecule has 1 saturated heterocycles. The lowest BCUT2D eigenvalue weighted by Crippen LogP contribution is -2.58. The van der Waals surface area contributed by atoms with Crippen LogP contribution in [0.15, 0.2) is 18.3 Å². The normalized spacial score (nSPS) is 21.2. The molecule has 0 radical (unpaired) electrons. The van der Waals surface area contributed by atoms with Crippen molar-refractivity contribution < 1.29 is 4.79 Å². The third-order valence-electron chi connectivity index (χ3n) is 5.72. The van der Waals surface area contributed by atoms with E-state index in [0.29, 0.717) is 5.56 Å². The van der Waals surface area contributed by atoms with Crippen molar-refractivity contribution in [2.75, 3.05) is 59.2 Å². The molecule has 0 bridgehead atoms. The van der Waals surface area contributed by atoms with E-state index in [4.69, 9.17) is 0 Å². The second kappa shape index (κ2) is 7.70. The molecule has 0 atom stereocenters. The molecule has 2 heterocycles. The van der Waals surface area contributed by atoms with Crippen LogP contribution in [0.2, 0.25) is 0 Å². The second-order valence-corrected chi connectivity index (χ2v) is 7.71. The number of rotatable bonds is 5. The number of nitrogens with zero attached hydrogens (tertiary/aromatic N) is 4. The molecular weight excluding hydrogens is 314 g/mol. The molecule has 1 aliphatic heterocycles. The van der Waals surface area contributed by atoms with Crippen molar-refractivity contribution in [3.8, 4) is 0 Å². The fourth-order valence-corrected chi connectivity index (χ4v) is 4.06. The minimum Gasteiger partial charge on any atom is -0.368 e. The molecule has 138 valence electrons. The first-order valence-corrected chi connectivity index (χ1v) is 9.35. The monoisotopic (exact) mass is 345 g/mol. The third kappa shape index (κ3) is 4.12. The molecule has 0 aromatic carbocycles. The minimum absolute atomic E-state index is 0.0104. The summed E-state index contributed by atoms with van der Waals surface area (Å²) in [5.74, 6) is 0.847. The summed E-state index contributed by atoms with van der Waals surface area (Å²) in [6, 6.07) is 3.78. The molecule has 6 heteroatoms. The van der Waals surface area contributed by atoms with Crippen molar-refractivity contribution in [3.05, 3.63) is 23.9 Å². The van der Waals surface area contributed by atoms with Gasteiger partial charge in [0.1, 0.15) is 5.82 Å². The number of piperazine rings is 1. The van der Waals surface area contributed by atoms with Crippen molar-refractivity contribution in [1.29, 1.82) is 0 Å². The predicted molar refractivity (Wildman–Crippen MR) is 101 cm³/mol. The van der Waals surface area contributed by atoms with Gasteiger partial charge in [0.05, 0.1) is 5.56 Å². The molecule has 1 saturated carbocycles. The van der Waals surface area contributed by atoms with E-state index in [1.165, 1.54) is 25.7 Å².